The molecule has 0 spiro atoms. The Hall–Kier alpha value is -2.13. The molecule has 0 radical (unpaired) electrons. The zero-order valence-corrected chi connectivity index (χ0v) is 11.7. The van der Waals surface area contributed by atoms with Gasteiger partial charge in [0.05, 0.1) is 0 Å². The van der Waals surface area contributed by atoms with Crippen molar-refractivity contribution in [3.8, 4) is 11.1 Å². The normalized spacial score (nSPS) is 10.2. The molecule has 0 aliphatic rings. The molecule has 2 rings (SSSR count). The molecule has 2 aromatic carbocycles. The lowest BCUT2D eigenvalue weighted by atomic mass is 10.0. The summed E-state index contributed by atoms with van der Waals surface area (Å²) in [6.45, 7) is 0.855. The number of nitrogens with one attached hydrogen (secondary N) is 2. The molecule has 0 unspecified atom stereocenters. The van der Waals surface area contributed by atoms with E-state index in [-0.39, 0.29) is 5.91 Å². The first-order valence-electron chi connectivity index (χ1n) is 6.90. The molecule has 0 saturated heterocycles. The molecule has 0 bridgehead atoms. The van der Waals surface area contributed by atoms with Gasteiger partial charge in [0.1, 0.15) is 0 Å². The molecule has 0 aromatic heterocycles. The smallest absolute Gasteiger partial charge is 0.224 e. The number of anilines is 1. The molecule has 0 atom stereocenters. The zero-order chi connectivity index (χ0) is 14.2. The molecule has 0 fully saturated rings. The third kappa shape index (κ3) is 3.93. The van der Waals surface area contributed by atoms with Gasteiger partial charge in [-0.3, -0.25) is 4.79 Å². The van der Waals surface area contributed by atoms with E-state index < -0.39 is 0 Å². The van der Waals surface area contributed by atoms with Gasteiger partial charge in [-0.2, -0.15) is 0 Å². The number of benzene rings is 2. The largest absolute Gasteiger partial charge is 0.326 e. The molecule has 104 valence electrons. The van der Waals surface area contributed by atoms with Crippen LogP contribution in [0.5, 0.6) is 0 Å². The summed E-state index contributed by atoms with van der Waals surface area (Å²) >= 11 is 0. The molecule has 20 heavy (non-hydrogen) atoms. The van der Waals surface area contributed by atoms with Crippen molar-refractivity contribution in [3.05, 3.63) is 54.6 Å². The van der Waals surface area contributed by atoms with Gasteiger partial charge >= 0.3 is 0 Å². The molecule has 0 heterocycles. The van der Waals surface area contributed by atoms with Crippen molar-refractivity contribution >= 4 is 11.6 Å². The minimum absolute atomic E-state index is 0.0589. The fourth-order valence-electron chi connectivity index (χ4n) is 2.10. The Bertz CT molecular complexity index is 552. The first kappa shape index (κ1) is 14.3. The first-order valence-corrected chi connectivity index (χ1v) is 6.90. The number of para-hydroxylation sites is 1. The van der Waals surface area contributed by atoms with E-state index in [1.54, 1.807) is 0 Å². The number of hydrogen-bond acceptors (Lipinski definition) is 2. The van der Waals surface area contributed by atoms with Crippen LogP contribution in [-0.2, 0) is 4.79 Å². The van der Waals surface area contributed by atoms with Crippen LogP contribution in [0.15, 0.2) is 54.6 Å². The number of carbonyl (C=O) groups excluding carboxylic acids is 1. The van der Waals surface area contributed by atoms with Crippen LogP contribution < -0.4 is 10.6 Å². The predicted molar refractivity (Wildman–Crippen MR) is 83.7 cm³/mol. The third-order valence-corrected chi connectivity index (χ3v) is 3.12. The summed E-state index contributed by atoms with van der Waals surface area (Å²) in [6, 6.07) is 18.0. The fourth-order valence-corrected chi connectivity index (χ4v) is 2.10. The number of carbonyl (C=O) groups is 1. The van der Waals surface area contributed by atoms with E-state index in [0.29, 0.717) is 6.42 Å². The van der Waals surface area contributed by atoms with Gasteiger partial charge in [-0.05, 0) is 31.6 Å². The molecule has 1 amide bonds. The van der Waals surface area contributed by atoms with Gasteiger partial charge in [-0.15, -0.1) is 0 Å². The molecular formula is C17H20N2O. The lowest BCUT2D eigenvalue weighted by Crippen LogP contribution is -2.15. The first-order chi connectivity index (χ1) is 9.81. The molecule has 0 aliphatic heterocycles. The maximum absolute atomic E-state index is 11.9. The monoisotopic (exact) mass is 268 g/mol. The van der Waals surface area contributed by atoms with E-state index in [0.717, 1.165) is 29.8 Å². The van der Waals surface area contributed by atoms with Crippen LogP contribution in [0, 0.1) is 0 Å². The quantitative estimate of drug-likeness (QED) is 0.789. The van der Waals surface area contributed by atoms with E-state index >= 15 is 0 Å². The molecule has 2 N–H and O–H groups in total. The molecular weight excluding hydrogens is 248 g/mol. The van der Waals surface area contributed by atoms with Gasteiger partial charge in [0, 0.05) is 17.7 Å². The van der Waals surface area contributed by atoms with Crippen molar-refractivity contribution in [1.82, 2.24) is 5.32 Å². The van der Waals surface area contributed by atoms with Crippen molar-refractivity contribution in [2.24, 2.45) is 0 Å². The summed E-state index contributed by atoms with van der Waals surface area (Å²) in [7, 11) is 1.89. The minimum Gasteiger partial charge on any atom is -0.326 e. The Morgan fingerprint density at radius 3 is 2.45 bits per heavy atom. The second-order valence-electron chi connectivity index (χ2n) is 4.67. The van der Waals surface area contributed by atoms with E-state index in [4.69, 9.17) is 0 Å². The highest BCUT2D eigenvalue weighted by molar-refractivity contribution is 5.95. The highest BCUT2D eigenvalue weighted by Gasteiger charge is 2.07. The number of rotatable bonds is 6. The van der Waals surface area contributed by atoms with E-state index in [1.165, 1.54) is 0 Å². The molecule has 2 aromatic rings. The maximum Gasteiger partial charge on any atom is 0.224 e. The summed E-state index contributed by atoms with van der Waals surface area (Å²) in [6.07, 6.45) is 1.37. The van der Waals surface area contributed by atoms with Gasteiger partial charge in [0.25, 0.3) is 0 Å². The number of hydrogen-bond donors (Lipinski definition) is 2. The van der Waals surface area contributed by atoms with Gasteiger partial charge < -0.3 is 10.6 Å². The average molecular weight is 268 g/mol. The van der Waals surface area contributed by atoms with Crippen LogP contribution >= 0.6 is 0 Å². The summed E-state index contributed by atoms with van der Waals surface area (Å²) in [5.41, 5.74) is 3.03. The van der Waals surface area contributed by atoms with E-state index in [1.807, 2.05) is 61.6 Å². The van der Waals surface area contributed by atoms with Crippen LogP contribution in [0.2, 0.25) is 0 Å². The lowest BCUT2D eigenvalue weighted by Gasteiger charge is -2.11. The topological polar surface area (TPSA) is 41.1 Å². The summed E-state index contributed by atoms with van der Waals surface area (Å²) < 4.78 is 0. The Morgan fingerprint density at radius 1 is 1.00 bits per heavy atom. The second-order valence-corrected chi connectivity index (χ2v) is 4.67. The molecule has 0 aliphatic carbocycles. The van der Waals surface area contributed by atoms with E-state index in [9.17, 15) is 4.79 Å². The van der Waals surface area contributed by atoms with Gasteiger partial charge in [0.2, 0.25) is 5.91 Å². The lowest BCUT2D eigenvalue weighted by molar-refractivity contribution is -0.116. The van der Waals surface area contributed by atoms with Crippen LogP contribution in [-0.4, -0.2) is 19.5 Å². The zero-order valence-electron chi connectivity index (χ0n) is 11.7. The van der Waals surface area contributed by atoms with Gasteiger partial charge in [0.15, 0.2) is 0 Å². The van der Waals surface area contributed by atoms with Crippen molar-refractivity contribution < 1.29 is 4.79 Å². The number of amides is 1. The average Bonchev–Trinajstić information content (AvgIpc) is 2.49. The Kier molecular flexibility index (Phi) is 5.33. The molecule has 0 saturated carbocycles. The summed E-state index contributed by atoms with van der Waals surface area (Å²) in [5, 5.41) is 6.05. The predicted octanol–water partition coefficient (Wildman–Crippen LogP) is 3.29. The minimum atomic E-state index is 0.0589. The highest BCUT2D eigenvalue weighted by Crippen LogP contribution is 2.27. The third-order valence-electron chi connectivity index (χ3n) is 3.12. The van der Waals surface area contributed by atoms with Crippen molar-refractivity contribution in [2.45, 2.75) is 12.8 Å². The van der Waals surface area contributed by atoms with E-state index in [2.05, 4.69) is 10.6 Å². The molecule has 3 nitrogen and oxygen atoms in total. The van der Waals surface area contributed by atoms with Crippen LogP contribution in [0.1, 0.15) is 12.8 Å². The van der Waals surface area contributed by atoms with Crippen LogP contribution in [0.25, 0.3) is 11.1 Å². The Labute approximate surface area is 120 Å². The second kappa shape index (κ2) is 7.46. The SMILES string of the molecule is CNCCCC(=O)Nc1ccccc1-c1ccccc1. The van der Waals surface area contributed by atoms with Crippen molar-refractivity contribution in [3.63, 3.8) is 0 Å². The molecule has 3 heteroatoms. The highest BCUT2D eigenvalue weighted by atomic mass is 16.1. The van der Waals surface area contributed by atoms with Crippen LogP contribution in [0.3, 0.4) is 0 Å². The van der Waals surface area contributed by atoms with Gasteiger partial charge in [-0.25, -0.2) is 0 Å². The maximum atomic E-state index is 11.9. The van der Waals surface area contributed by atoms with Crippen molar-refractivity contribution in [1.29, 1.82) is 0 Å². The standard InChI is InChI=1S/C17H20N2O/c1-18-13-7-12-17(20)19-16-11-6-5-10-15(16)14-8-3-2-4-9-14/h2-6,8-11,18H,7,12-13H2,1H3,(H,19,20). The van der Waals surface area contributed by atoms with Gasteiger partial charge in [-0.1, -0.05) is 48.5 Å². The summed E-state index contributed by atoms with van der Waals surface area (Å²) in [4.78, 5) is 11.9. The summed E-state index contributed by atoms with van der Waals surface area (Å²) in [5.74, 6) is 0.0589. The Balaban J connectivity index is 2.11. The fraction of sp³-hybridized carbons (Fsp3) is 0.235. The van der Waals surface area contributed by atoms with Crippen LogP contribution in [0.4, 0.5) is 5.69 Å². The van der Waals surface area contributed by atoms with Crippen molar-refractivity contribution in [2.75, 3.05) is 18.9 Å². The Morgan fingerprint density at radius 2 is 1.70 bits per heavy atom.